The fourth-order valence-corrected chi connectivity index (χ4v) is 0.493. The van der Waals surface area contributed by atoms with E-state index in [-0.39, 0.29) is 5.75 Å². The Morgan fingerprint density at radius 3 is 1.82 bits per heavy atom. The summed E-state index contributed by atoms with van der Waals surface area (Å²) in [4.78, 5) is 8.56. The fourth-order valence-electron chi connectivity index (χ4n) is 0.164. The van der Waals surface area contributed by atoms with Gasteiger partial charge in [0.15, 0.2) is 0 Å². The van der Waals surface area contributed by atoms with Crippen molar-refractivity contribution in [1.82, 2.24) is 0 Å². The van der Waals surface area contributed by atoms with E-state index in [0.29, 0.717) is 0 Å². The summed E-state index contributed by atoms with van der Waals surface area (Å²) < 4.78 is 19.9. The smallest absolute Gasteiger partial charge is 0.450 e. The van der Waals surface area contributed by atoms with Crippen molar-refractivity contribution in [1.29, 1.82) is 0 Å². The van der Waals surface area contributed by atoms with E-state index in [1.54, 1.807) is 0 Å². The van der Waals surface area contributed by atoms with Crippen LogP contribution in [0, 0.1) is 0 Å². The first-order chi connectivity index (χ1) is 4.79. The maximum Gasteiger partial charge on any atom is 0.503 e. The molecule has 0 saturated heterocycles. The van der Waals surface area contributed by atoms with Gasteiger partial charge in [-0.1, -0.05) is 6.08 Å². The summed E-state index contributed by atoms with van der Waals surface area (Å²) in [6.45, 7) is 3.19. The SMILES string of the molecule is C=CCS(N)(=O)=O.O=C(O)O. The third-order valence-electron chi connectivity index (χ3n) is 0.350. The average molecular weight is 183 g/mol. The van der Waals surface area contributed by atoms with Crippen LogP contribution < -0.4 is 5.14 Å². The molecule has 0 atom stereocenters. The molecule has 0 aromatic carbocycles. The molecular weight excluding hydrogens is 174 g/mol. The Bertz CT molecular complexity index is 215. The molecule has 0 rings (SSSR count). The molecule has 0 spiro atoms. The van der Waals surface area contributed by atoms with Gasteiger partial charge in [0, 0.05) is 0 Å². The lowest BCUT2D eigenvalue weighted by molar-refractivity contribution is 0.137. The molecule has 0 saturated carbocycles. The number of sulfonamides is 1. The molecule has 0 radical (unpaired) electrons. The van der Waals surface area contributed by atoms with Crippen LogP contribution in [0.15, 0.2) is 12.7 Å². The Labute approximate surface area is 64.0 Å². The summed E-state index contributed by atoms with van der Waals surface area (Å²) in [7, 11) is -3.29. The summed E-state index contributed by atoms with van der Waals surface area (Å²) in [6, 6.07) is 0. The molecule has 6 nitrogen and oxygen atoms in total. The van der Waals surface area contributed by atoms with Gasteiger partial charge in [-0.25, -0.2) is 18.4 Å². The normalized spacial score (nSPS) is 9.18. The van der Waals surface area contributed by atoms with E-state index < -0.39 is 16.2 Å². The van der Waals surface area contributed by atoms with Crippen molar-refractivity contribution in [3.05, 3.63) is 12.7 Å². The first-order valence-corrected chi connectivity index (χ1v) is 4.04. The highest BCUT2D eigenvalue weighted by Crippen LogP contribution is 1.73. The zero-order valence-electron chi connectivity index (χ0n) is 5.60. The van der Waals surface area contributed by atoms with E-state index in [1.807, 2.05) is 0 Å². The highest BCUT2D eigenvalue weighted by Gasteiger charge is 1.93. The number of hydrogen-bond acceptors (Lipinski definition) is 3. The van der Waals surface area contributed by atoms with Gasteiger partial charge in [-0.15, -0.1) is 6.58 Å². The van der Waals surface area contributed by atoms with Crippen molar-refractivity contribution >= 4 is 16.2 Å². The Morgan fingerprint density at radius 1 is 1.55 bits per heavy atom. The van der Waals surface area contributed by atoms with Gasteiger partial charge in [-0.3, -0.25) is 0 Å². The molecule has 0 aliphatic rings. The maximum atomic E-state index is 9.94. The first kappa shape index (κ1) is 12.6. The van der Waals surface area contributed by atoms with Crippen molar-refractivity contribution in [2.24, 2.45) is 5.14 Å². The minimum Gasteiger partial charge on any atom is -0.450 e. The largest absolute Gasteiger partial charge is 0.503 e. The van der Waals surface area contributed by atoms with E-state index in [9.17, 15) is 8.42 Å². The van der Waals surface area contributed by atoms with E-state index in [1.165, 1.54) is 6.08 Å². The molecule has 0 aromatic heterocycles. The van der Waals surface area contributed by atoms with Gasteiger partial charge < -0.3 is 10.2 Å². The number of carboxylic acid groups (broad SMARTS) is 2. The van der Waals surface area contributed by atoms with Crippen LogP contribution in [0.1, 0.15) is 0 Å². The van der Waals surface area contributed by atoms with E-state index >= 15 is 0 Å². The van der Waals surface area contributed by atoms with E-state index in [4.69, 9.17) is 15.0 Å². The third kappa shape index (κ3) is 50.1. The van der Waals surface area contributed by atoms with Crippen LogP contribution in [0.2, 0.25) is 0 Å². The lowest BCUT2D eigenvalue weighted by Gasteiger charge is -1.83. The number of rotatable bonds is 2. The van der Waals surface area contributed by atoms with Crippen LogP contribution in [-0.4, -0.2) is 30.5 Å². The summed E-state index contributed by atoms with van der Waals surface area (Å²) in [5, 5.41) is 18.5. The first-order valence-electron chi connectivity index (χ1n) is 2.33. The van der Waals surface area contributed by atoms with Gasteiger partial charge in [-0.2, -0.15) is 0 Å². The van der Waals surface area contributed by atoms with Gasteiger partial charge in [0.05, 0.1) is 5.75 Å². The van der Waals surface area contributed by atoms with Crippen LogP contribution in [0.3, 0.4) is 0 Å². The zero-order chi connectivity index (χ0) is 9.49. The molecule has 4 N–H and O–H groups in total. The van der Waals surface area contributed by atoms with Crippen LogP contribution in [-0.2, 0) is 10.0 Å². The Balaban J connectivity index is 0. The highest BCUT2D eigenvalue weighted by molar-refractivity contribution is 7.89. The molecular formula is C4H9NO5S. The monoisotopic (exact) mass is 183 g/mol. The molecule has 0 fully saturated rings. The number of primary sulfonamides is 1. The fraction of sp³-hybridized carbons (Fsp3) is 0.250. The van der Waals surface area contributed by atoms with Crippen molar-refractivity contribution in [3.8, 4) is 0 Å². The molecule has 66 valence electrons. The van der Waals surface area contributed by atoms with Gasteiger partial charge >= 0.3 is 6.16 Å². The summed E-state index contributed by atoms with van der Waals surface area (Å²) >= 11 is 0. The van der Waals surface area contributed by atoms with Crippen molar-refractivity contribution < 1.29 is 23.4 Å². The predicted octanol–water partition coefficient (Wildman–Crippen LogP) is -0.317. The molecule has 0 aliphatic carbocycles. The van der Waals surface area contributed by atoms with Crippen molar-refractivity contribution in [2.75, 3.05) is 5.75 Å². The van der Waals surface area contributed by atoms with E-state index in [2.05, 4.69) is 11.7 Å². The molecule has 11 heavy (non-hydrogen) atoms. The minimum atomic E-state index is -3.29. The summed E-state index contributed by atoms with van der Waals surface area (Å²) in [5.74, 6) is -0.146. The number of hydrogen-bond donors (Lipinski definition) is 3. The summed E-state index contributed by atoms with van der Waals surface area (Å²) in [5.41, 5.74) is 0. The molecule has 0 heterocycles. The molecule has 0 unspecified atom stereocenters. The second-order valence-electron chi connectivity index (χ2n) is 1.40. The molecule has 7 heteroatoms. The standard InChI is InChI=1S/C3H7NO2S.CH2O3/c1-2-3-7(4,5)6;2-1(3)4/h2H,1,3H2,(H2,4,5,6);(H2,2,3,4). The van der Waals surface area contributed by atoms with Gasteiger partial charge in [-0.05, 0) is 0 Å². The third-order valence-corrected chi connectivity index (χ3v) is 1.05. The lowest BCUT2D eigenvalue weighted by atomic mass is 10.8. The number of nitrogens with two attached hydrogens (primary N) is 1. The Kier molecular flexibility index (Phi) is 6.50. The van der Waals surface area contributed by atoms with Crippen molar-refractivity contribution in [3.63, 3.8) is 0 Å². The van der Waals surface area contributed by atoms with Crippen LogP contribution in [0.4, 0.5) is 4.79 Å². The van der Waals surface area contributed by atoms with Gasteiger partial charge in [0.1, 0.15) is 0 Å². The minimum absolute atomic E-state index is 0.146. The average Bonchev–Trinajstić information content (AvgIpc) is 1.58. The number of carbonyl (C=O) groups is 1. The van der Waals surface area contributed by atoms with E-state index in [0.717, 1.165) is 0 Å². The van der Waals surface area contributed by atoms with Gasteiger partial charge in [0.25, 0.3) is 0 Å². The summed E-state index contributed by atoms with van der Waals surface area (Å²) in [6.07, 6.45) is -0.588. The second kappa shape index (κ2) is 5.69. The molecule has 0 aromatic rings. The van der Waals surface area contributed by atoms with Crippen LogP contribution >= 0.6 is 0 Å². The second-order valence-corrected chi connectivity index (χ2v) is 3.06. The predicted molar refractivity (Wildman–Crippen MR) is 38.8 cm³/mol. The Hall–Kier alpha value is -1.08. The molecule has 0 amide bonds. The highest BCUT2D eigenvalue weighted by atomic mass is 32.2. The lowest BCUT2D eigenvalue weighted by Crippen LogP contribution is -2.14. The van der Waals surface area contributed by atoms with Crippen LogP contribution in [0.5, 0.6) is 0 Å². The van der Waals surface area contributed by atoms with Crippen molar-refractivity contribution in [2.45, 2.75) is 0 Å². The molecule has 0 aliphatic heterocycles. The molecule has 0 bridgehead atoms. The van der Waals surface area contributed by atoms with Gasteiger partial charge in [0.2, 0.25) is 10.0 Å². The van der Waals surface area contributed by atoms with Crippen LogP contribution in [0.25, 0.3) is 0 Å². The quantitative estimate of drug-likeness (QED) is 0.507. The zero-order valence-corrected chi connectivity index (χ0v) is 6.41. The Morgan fingerprint density at radius 2 is 1.82 bits per heavy atom. The maximum absolute atomic E-state index is 9.94. The topological polar surface area (TPSA) is 118 Å².